The van der Waals surface area contributed by atoms with E-state index in [-0.39, 0.29) is 24.8 Å². The smallest absolute Gasteiger partial charge is 0.243 e. The number of nitrogens with zero attached hydrogens (tertiary/aromatic N) is 1. The summed E-state index contributed by atoms with van der Waals surface area (Å²) in [6.45, 7) is 8.23. The summed E-state index contributed by atoms with van der Waals surface area (Å²) in [7, 11) is 0. The lowest BCUT2D eigenvalue weighted by Crippen LogP contribution is -2.54. The number of amides is 2. The number of nitrogens with two attached hydrogens (primary N) is 1. The van der Waals surface area contributed by atoms with Crippen LogP contribution in [0.2, 0.25) is 0 Å². The Morgan fingerprint density at radius 2 is 2.00 bits per heavy atom. The Balaban J connectivity index is 1.62. The molecule has 2 aliphatic heterocycles. The van der Waals surface area contributed by atoms with E-state index in [9.17, 15) is 14.7 Å². The van der Waals surface area contributed by atoms with Crippen molar-refractivity contribution in [3.05, 3.63) is 41.1 Å². The number of thioether (sulfide) groups is 1. The number of allylic oxidation sites excluding steroid dienone is 1. The molecule has 30 heavy (non-hydrogen) atoms. The predicted octanol–water partition coefficient (Wildman–Crippen LogP) is 1.62. The van der Waals surface area contributed by atoms with Gasteiger partial charge in [-0.05, 0) is 23.5 Å². The molecule has 1 saturated heterocycles. The highest BCUT2D eigenvalue weighted by Crippen LogP contribution is 2.33. The minimum Gasteiger partial charge on any atom is -0.391 e. The maximum atomic E-state index is 12.8. The highest BCUT2D eigenvalue weighted by atomic mass is 32.2. The molecule has 1 fully saturated rings. The van der Waals surface area contributed by atoms with Crippen LogP contribution in [0.25, 0.3) is 4.91 Å². The number of carbonyl (C=O) groups is 2. The summed E-state index contributed by atoms with van der Waals surface area (Å²) in [5, 5.41) is 16.3. The second-order valence-corrected chi connectivity index (χ2v) is 10.1. The van der Waals surface area contributed by atoms with Crippen LogP contribution in [0.1, 0.15) is 45.2 Å². The number of β-amino-alcohol motifs (C(OH)–C–C–N with tert-alkyl or cyclic N) is 1. The maximum absolute atomic E-state index is 12.8. The molecule has 0 saturated carbocycles. The van der Waals surface area contributed by atoms with Gasteiger partial charge in [0.05, 0.1) is 18.0 Å². The Kier molecular flexibility index (Phi) is 6.79. The number of aliphatic hydroxyl groups is 1. The van der Waals surface area contributed by atoms with Gasteiger partial charge in [-0.15, -0.1) is 11.8 Å². The van der Waals surface area contributed by atoms with Crippen molar-refractivity contribution >= 4 is 28.5 Å². The number of benzene rings is 1. The fraction of sp³-hybridized carbons (Fsp3) is 0.545. The van der Waals surface area contributed by atoms with Gasteiger partial charge in [-0.1, -0.05) is 45.0 Å². The summed E-state index contributed by atoms with van der Waals surface area (Å²) >= 11 is 1.78. The lowest BCUT2D eigenvalue weighted by Gasteiger charge is -2.32. The molecular weight excluding hydrogens is 400 g/mol. The summed E-state index contributed by atoms with van der Waals surface area (Å²) < 4.78 is 0. The number of aliphatic hydroxyl groups excluding tert-OH is 1. The van der Waals surface area contributed by atoms with E-state index in [4.69, 9.17) is 5.73 Å². The predicted molar refractivity (Wildman–Crippen MR) is 120 cm³/mol. The average molecular weight is 433 g/mol. The molecule has 1 aromatic carbocycles. The summed E-state index contributed by atoms with van der Waals surface area (Å²) in [5.41, 5.74) is 9.00. The summed E-state index contributed by atoms with van der Waals surface area (Å²) in [5.74, 6) is 0.328. The standard InChI is InChI=1S/C22H32N4O3S/c1-13-18(30-12-25-13)15-7-5-14(6-8-15)10-24-20(28)17-9-16(27)11-26(17)21(29)19(23)22(2,3)4/h5-8,16-17,19,25,27H,9-12,23H2,1-4H3,(H,24,28)/t16-,17+,19-/m1/s1. The molecule has 7 nitrogen and oxygen atoms in total. The normalized spacial score (nSPS) is 22.8. The number of rotatable bonds is 5. The van der Waals surface area contributed by atoms with Crippen molar-refractivity contribution < 1.29 is 14.7 Å². The van der Waals surface area contributed by atoms with Gasteiger partial charge < -0.3 is 26.4 Å². The van der Waals surface area contributed by atoms with E-state index in [0.29, 0.717) is 6.54 Å². The first-order chi connectivity index (χ1) is 14.1. The Labute approximate surface area is 182 Å². The minimum absolute atomic E-state index is 0.134. The molecule has 0 bridgehead atoms. The Hall–Kier alpha value is -2.03. The summed E-state index contributed by atoms with van der Waals surface area (Å²) in [4.78, 5) is 28.3. The third kappa shape index (κ3) is 4.99. The van der Waals surface area contributed by atoms with E-state index in [1.54, 1.807) is 11.8 Å². The highest BCUT2D eigenvalue weighted by Gasteiger charge is 2.42. The van der Waals surface area contributed by atoms with Gasteiger partial charge in [-0.3, -0.25) is 9.59 Å². The lowest BCUT2D eigenvalue weighted by molar-refractivity contribution is -0.141. The number of hydrogen-bond acceptors (Lipinski definition) is 6. The topological polar surface area (TPSA) is 108 Å². The number of carbonyl (C=O) groups excluding carboxylic acids is 2. The zero-order chi connectivity index (χ0) is 22.1. The number of hydrogen-bond donors (Lipinski definition) is 4. The molecule has 0 unspecified atom stereocenters. The van der Waals surface area contributed by atoms with Gasteiger partial charge in [-0.2, -0.15) is 0 Å². The van der Waals surface area contributed by atoms with Gasteiger partial charge in [0.1, 0.15) is 6.04 Å². The molecule has 0 spiro atoms. The molecule has 3 rings (SSSR count). The van der Waals surface area contributed by atoms with Crippen LogP contribution in [0, 0.1) is 5.41 Å². The fourth-order valence-electron chi connectivity index (χ4n) is 3.64. The molecule has 5 N–H and O–H groups in total. The molecule has 0 radical (unpaired) electrons. The average Bonchev–Trinajstić information content (AvgIpc) is 3.30. The SMILES string of the molecule is CC1=C(c2ccc(CNC(=O)[C@@H]3C[C@@H](O)CN3C(=O)[C@@H](N)C(C)(C)C)cc2)SCN1. The third-order valence-electron chi connectivity index (χ3n) is 5.64. The van der Waals surface area contributed by atoms with Gasteiger partial charge in [0.15, 0.2) is 0 Å². The van der Waals surface area contributed by atoms with Crippen LogP contribution in [0.15, 0.2) is 30.0 Å². The molecule has 1 aromatic rings. The van der Waals surface area contributed by atoms with Crippen LogP contribution in [-0.2, 0) is 16.1 Å². The minimum atomic E-state index is -0.730. The Morgan fingerprint density at radius 3 is 2.57 bits per heavy atom. The monoisotopic (exact) mass is 432 g/mol. The highest BCUT2D eigenvalue weighted by molar-refractivity contribution is 8.08. The molecular formula is C22H32N4O3S. The van der Waals surface area contributed by atoms with Gasteiger partial charge in [0.2, 0.25) is 11.8 Å². The second kappa shape index (κ2) is 8.99. The quantitative estimate of drug-likeness (QED) is 0.563. The van der Waals surface area contributed by atoms with Crippen LogP contribution in [-0.4, -0.2) is 52.4 Å². The fourth-order valence-corrected chi connectivity index (χ4v) is 4.67. The van der Waals surface area contributed by atoms with Crippen molar-refractivity contribution in [2.24, 2.45) is 11.1 Å². The van der Waals surface area contributed by atoms with Gasteiger partial charge >= 0.3 is 0 Å². The molecule has 2 heterocycles. The summed E-state index contributed by atoms with van der Waals surface area (Å²) in [6.07, 6.45) is -0.490. The maximum Gasteiger partial charge on any atom is 0.243 e. The van der Waals surface area contributed by atoms with E-state index in [1.165, 1.54) is 15.5 Å². The van der Waals surface area contributed by atoms with Crippen molar-refractivity contribution in [2.75, 3.05) is 12.4 Å². The molecule has 164 valence electrons. The molecule has 2 aliphatic rings. The van der Waals surface area contributed by atoms with Crippen LogP contribution in [0.4, 0.5) is 0 Å². The first-order valence-electron chi connectivity index (χ1n) is 10.3. The number of nitrogens with one attached hydrogen (secondary N) is 2. The molecule has 0 aromatic heterocycles. The van der Waals surface area contributed by atoms with Crippen molar-refractivity contribution in [3.63, 3.8) is 0 Å². The summed E-state index contributed by atoms with van der Waals surface area (Å²) in [6, 6.07) is 6.67. The van der Waals surface area contributed by atoms with Crippen LogP contribution in [0.5, 0.6) is 0 Å². The van der Waals surface area contributed by atoms with Crippen molar-refractivity contribution in [1.82, 2.24) is 15.5 Å². The Morgan fingerprint density at radius 1 is 1.33 bits per heavy atom. The van der Waals surface area contributed by atoms with Crippen molar-refractivity contribution in [2.45, 2.75) is 58.8 Å². The molecule has 2 amide bonds. The van der Waals surface area contributed by atoms with E-state index in [0.717, 1.165) is 17.0 Å². The van der Waals surface area contributed by atoms with E-state index >= 15 is 0 Å². The number of likely N-dealkylation sites (tertiary alicyclic amines) is 1. The first kappa shape index (κ1) is 22.7. The molecule has 3 atom stereocenters. The van der Waals surface area contributed by atoms with E-state index < -0.39 is 23.6 Å². The third-order valence-corrected chi connectivity index (χ3v) is 6.76. The van der Waals surface area contributed by atoms with Crippen LogP contribution in [0.3, 0.4) is 0 Å². The van der Waals surface area contributed by atoms with Crippen molar-refractivity contribution in [1.29, 1.82) is 0 Å². The van der Waals surface area contributed by atoms with Crippen molar-refractivity contribution in [3.8, 4) is 0 Å². The van der Waals surface area contributed by atoms with Gasteiger partial charge in [0, 0.05) is 30.1 Å². The second-order valence-electron chi connectivity index (χ2n) is 9.07. The lowest BCUT2D eigenvalue weighted by atomic mass is 9.86. The zero-order valence-corrected chi connectivity index (χ0v) is 18.9. The van der Waals surface area contributed by atoms with Crippen LogP contribution < -0.4 is 16.4 Å². The largest absolute Gasteiger partial charge is 0.391 e. The molecule has 8 heteroatoms. The van der Waals surface area contributed by atoms with E-state index in [2.05, 4.69) is 29.7 Å². The zero-order valence-electron chi connectivity index (χ0n) is 18.1. The Bertz CT molecular complexity index is 832. The van der Waals surface area contributed by atoms with Gasteiger partial charge in [0.25, 0.3) is 0 Å². The molecule has 0 aliphatic carbocycles. The first-order valence-corrected chi connectivity index (χ1v) is 11.2. The van der Waals surface area contributed by atoms with Crippen LogP contribution >= 0.6 is 11.8 Å². The van der Waals surface area contributed by atoms with E-state index in [1.807, 2.05) is 32.9 Å². The van der Waals surface area contributed by atoms with Gasteiger partial charge in [-0.25, -0.2) is 0 Å².